The van der Waals surface area contributed by atoms with E-state index < -0.39 is 10.0 Å². The highest BCUT2D eigenvalue weighted by atomic mass is 32.2. The van der Waals surface area contributed by atoms with Crippen molar-refractivity contribution >= 4 is 16.0 Å². The Morgan fingerprint density at radius 3 is 2.46 bits per heavy atom. The molecule has 0 aromatic rings. The lowest BCUT2D eigenvalue weighted by Gasteiger charge is -2.63. The molecule has 37 heavy (non-hydrogen) atoms. The number of sulfonamides is 1. The monoisotopic (exact) mass is 540 g/mol. The van der Waals surface area contributed by atoms with E-state index in [9.17, 15) is 13.2 Å². The minimum Gasteiger partial charge on any atom is -0.469 e. The van der Waals surface area contributed by atoms with Crippen LogP contribution in [0.15, 0.2) is 0 Å². The van der Waals surface area contributed by atoms with Gasteiger partial charge in [-0.25, -0.2) is 13.1 Å². The Bertz CT molecular complexity index is 912. The zero-order chi connectivity index (χ0) is 27.0. The number of carbonyl (C=O) groups is 1. The van der Waals surface area contributed by atoms with Crippen LogP contribution in [-0.4, -0.2) is 58.6 Å². The minimum absolute atomic E-state index is 0.0102. The zero-order valence-corrected chi connectivity index (χ0v) is 24.6. The Morgan fingerprint density at radius 2 is 1.78 bits per heavy atom. The number of hydrogen-bond acceptors (Lipinski definition) is 6. The molecule has 0 aromatic heterocycles. The summed E-state index contributed by atoms with van der Waals surface area (Å²) in [4.78, 5) is 11.8. The summed E-state index contributed by atoms with van der Waals surface area (Å²) in [5.41, 5.74) is 0.465. The predicted octanol–water partition coefficient (Wildman–Crippen LogP) is 3.96. The van der Waals surface area contributed by atoms with Gasteiger partial charge in [0.2, 0.25) is 10.0 Å². The standard InChI is InChI=1S/C29H52N2O5S/c1-19(6-9-26(33)36-4)22-7-8-23-27-24(11-13-29(22,23)3)28(2)12-10-20(18-30-14-15-32)16-21(28)17-25(27)31-37(5,34)35/h19-25,27,30-32H,6-18H2,1-5H3/t19-,20?,21+,22-,23?,24?,25-,27?,28+,29-/m1/s1. The Hall–Kier alpha value is -0.700. The first-order chi connectivity index (χ1) is 17.4. The van der Waals surface area contributed by atoms with Crippen LogP contribution in [0.25, 0.3) is 0 Å². The minimum atomic E-state index is -3.30. The first kappa shape index (κ1) is 29.3. The maximum absolute atomic E-state index is 12.6. The summed E-state index contributed by atoms with van der Waals surface area (Å²) in [6.45, 7) is 9.07. The van der Waals surface area contributed by atoms with Crippen molar-refractivity contribution in [2.45, 2.75) is 91.0 Å². The summed E-state index contributed by atoms with van der Waals surface area (Å²) < 4.78 is 33.2. The molecule has 0 heterocycles. The highest BCUT2D eigenvalue weighted by Gasteiger charge is 2.63. The smallest absolute Gasteiger partial charge is 0.305 e. The number of methoxy groups -OCH3 is 1. The molecule has 7 nitrogen and oxygen atoms in total. The van der Waals surface area contributed by atoms with E-state index in [1.54, 1.807) is 0 Å². The number of aliphatic hydroxyl groups is 1. The summed E-state index contributed by atoms with van der Waals surface area (Å²) in [5.74, 6) is 3.50. The van der Waals surface area contributed by atoms with Crippen molar-refractivity contribution in [3.8, 4) is 0 Å². The number of ether oxygens (including phenoxy) is 1. The summed E-state index contributed by atoms with van der Waals surface area (Å²) in [6, 6.07) is 0.0102. The number of carbonyl (C=O) groups excluding carboxylic acids is 1. The van der Waals surface area contributed by atoms with Crippen LogP contribution in [0.5, 0.6) is 0 Å². The number of nitrogens with one attached hydrogen (secondary N) is 2. The molecule has 0 amide bonds. The Kier molecular flexibility index (Phi) is 9.04. The van der Waals surface area contributed by atoms with Crippen LogP contribution in [0.3, 0.4) is 0 Å². The van der Waals surface area contributed by atoms with Gasteiger partial charge in [0, 0.05) is 19.0 Å². The maximum atomic E-state index is 12.6. The highest BCUT2D eigenvalue weighted by molar-refractivity contribution is 7.88. The third-order valence-corrected chi connectivity index (χ3v) is 12.4. The molecule has 4 aliphatic rings. The summed E-state index contributed by atoms with van der Waals surface area (Å²) in [7, 11) is -1.84. The third-order valence-electron chi connectivity index (χ3n) is 11.7. The van der Waals surface area contributed by atoms with Gasteiger partial charge in [-0.05, 0) is 117 Å². The quantitative estimate of drug-likeness (QED) is 0.286. The second-order valence-corrected chi connectivity index (χ2v) is 15.4. The van der Waals surface area contributed by atoms with Crippen molar-refractivity contribution in [2.75, 3.05) is 33.1 Å². The molecule has 0 radical (unpaired) electrons. The van der Waals surface area contributed by atoms with Gasteiger partial charge in [0.05, 0.1) is 20.0 Å². The van der Waals surface area contributed by atoms with E-state index >= 15 is 0 Å². The van der Waals surface area contributed by atoms with E-state index in [2.05, 4.69) is 30.8 Å². The Labute approximate surface area is 225 Å². The van der Waals surface area contributed by atoms with Crippen molar-refractivity contribution in [1.29, 1.82) is 0 Å². The van der Waals surface area contributed by atoms with Gasteiger partial charge in [-0.15, -0.1) is 0 Å². The second kappa shape index (κ2) is 11.4. The predicted molar refractivity (Wildman–Crippen MR) is 146 cm³/mol. The highest BCUT2D eigenvalue weighted by Crippen LogP contribution is 2.68. The molecular weight excluding hydrogens is 488 g/mol. The molecule has 4 aliphatic carbocycles. The molecule has 0 spiro atoms. The SMILES string of the molecule is COC(=O)CC[C@@H](C)[C@H]1CCC2C3C(CC[C@@]21C)[C@@]1(C)CCC(CNCCO)C[C@H]1C[C@H]3NS(C)(=O)=O. The maximum Gasteiger partial charge on any atom is 0.305 e. The molecular formula is C29H52N2O5S. The molecule has 0 aromatic carbocycles. The van der Waals surface area contributed by atoms with Gasteiger partial charge in [-0.1, -0.05) is 20.8 Å². The molecule has 3 N–H and O–H groups in total. The molecule has 8 heteroatoms. The van der Waals surface area contributed by atoms with Crippen molar-refractivity contribution < 1.29 is 23.1 Å². The van der Waals surface area contributed by atoms with E-state index in [0.29, 0.717) is 54.4 Å². The van der Waals surface area contributed by atoms with Crippen LogP contribution in [0.1, 0.15) is 85.0 Å². The van der Waals surface area contributed by atoms with Crippen LogP contribution in [0.4, 0.5) is 0 Å². The molecule has 0 bridgehead atoms. The van der Waals surface area contributed by atoms with Gasteiger partial charge in [-0.3, -0.25) is 4.79 Å². The molecule has 214 valence electrons. The van der Waals surface area contributed by atoms with Gasteiger partial charge < -0.3 is 15.2 Å². The number of esters is 1. The Morgan fingerprint density at radius 1 is 1.08 bits per heavy atom. The van der Waals surface area contributed by atoms with Gasteiger partial charge in [0.25, 0.3) is 0 Å². The molecule has 10 atom stereocenters. The first-order valence-electron chi connectivity index (χ1n) is 14.8. The molecule has 4 fully saturated rings. The Balaban J connectivity index is 1.56. The number of rotatable bonds is 10. The van der Waals surface area contributed by atoms with Crippen LogP contribution >= 0.6 is 0 Å². The summed E-state index contributed by atoms with van der Waals surface area (Å²) in [6.07, 6.45) is 11.9. The average Bonchev–Trinajstić information content (AvgIpc) is 3.19. The lowest BCUT2D eigenvalue weighted by molar-refractivity contribution is -0.141. The molecule has 4 rings (SSSR count). The van der Waals surface area contributed by atoms with Crippen molar-refractivity contribution in [3.05, 3.63) is 0 Å². The lowest BCUT2D eigenvalue weighted by Crippen LogP contribution is -2.62. The van der Waals surface area contributed by atoms with E-state index in [1.807, 2.05) is 0 Å². The molecule has 0 saturated heterocycles. The van der Waals surface area contributed by atoms with E-state index in [-0.39, 0.29) is 29.4 Å². The van der Waals surface area contributed by atoms with E-state index in [4.69, 9.17) is 9.84 Å². The molecule has 4 unspecified atom stereocenters. The van der Waals surface area contributed by atoms with Crippen LogP contribution in [0, 0.1) is 52.3 Å². The van der Waals surface area contributed by atoms with Crippen LogP contribution < -0.4 is 10.0 Å². The van der Waals surface area contributed by atoms with Crippen molar-refractivity contribution in [3.63, 3.8) is 0 Å². The fourth-order valence-electron chi connectivity index (χ4n) is 9.95. The van der Waals surface area contributed by atoms with Crippen LogP contribution in [-0.2, 0) is 19.6 Å². The van der Waals surface area contributed by atoms with Gasteiger partial charge in [-0.2, -0.15) is 0 Å². The zero-order valence-electron chi connectivity index (χ0n) is 23.8. The largest absolute Gasteiger partial charge is 0.469 e. The van der Waals surface area contributed by atoms with Gasteiger partial charge >= 0.3 is 5.97 Å². The molecule has 0 aliphatic heterocycles. The average molecular weight is 541 g/mol. The number of hydrogen-bond donors (Lipinski definition) is 3. The third kappa shape index (κ3) is 5.92. The lowest BCUT2D eigenvalue weighted by atomic mass is 9.43. The second-order valence-electron chi connectivity index (χ2n) is 13.6. The first-order valence-corrected chi connectivity index (χ1v) is 16.7. The van der Waals surface area contributed by atoms with E-state index in [1.165, 1.54) is 51.9 Å². The topological polar surface area (TPSA) is 105 Å². The van der Waals surface area contributed by atoms with Crippen molar-refractivity contribution in [1.82, 2.24) is 10.0 Å². The molecule has 4 saturated carbocycles. The van der Waals surface area contributed by atoms with Gasteiger partial charge in [0.1, 0.15) is 0 Å². The van der Waals surface area contributed by atoms with Gasteiger partial charge in [0.15, 0.2) is 0 Å². The fourth-order valence-corrected chi connectivity index (χ4v) is 10.8. The number of aliphatic hydroxyl groups excluding tert-OH is 1. The fraction of sp³-hybridized carbons (Fsp3) is 0.966. The van der Waals surface area contributed by atoms with Crippen molar-refractivity contribution in [2.24, 2.45) is 52.3 Å². The summed E-state index contributed by atoms with van der Waals surface area (Å²) >= 11 is 0. The normalized spacial score (nSPS) is 42.4. The van der Waals surface area contributed by atoms with Crippen LogP contribution in [0.2, 0.25) is 0 Å². The van der Waals surface area contributed by atoms with E-state index in [0.717, 1.165) is 25.8 Å². The summed E-state index contributed by atoms with van der Waals surface area (Å²) in [5, 5.41) is 12.6. The number of fused-ring (bicyclic) bond motifs is 5.